The van der Waals surface area contributed by atoms with Crippen LogP contribution in [0.4, 0.5) is 0 Å². The van der Waals surface area contributed by atoms with Gasteiger partial charge in [-0.1, -0.05) is 131 Å². The molecule has 35 heavy (non-hydrogen) atoms. The molecule has 0 aromatic heterocycles. The molecule has 0 bridgehead atoms. The maximum absolute atomic E-state index is 11.7. The van der Waals surface area contributed by atoms with Crippen molar-refractivity contribution >= 4 is 16.1 Å². The fraction of sp³-hybridized carbons (Fsp3) is 0.533. The largest absolute Gasteiger partial charge is 0.497 e. The van der Waals surface area contributed by atoms with Crippen molar-refractivity contribution < 1.29 is 14.6 Å². The average Bonchev–Trinajstić information content (AvgIpc) is 2.93. The van der Waals surface area contributed by atoms with Gasteiger partial charge in [-0.15, -0.1) is 0 Å². The fourth-order valence-corrected chi connectivity index (χ4v) is 19.7. The third kappa shape index (κ3) is 6.97. The van der Waals surface area contributed by atoms with Crippen molar-refractivity contribution in [3.8, 4) is 5.75 Å². The molecule has 0 aliphatic rings. The molecule has 2 aromatic carbocycles. The summed E-state index contributed by atoms with van der Waals surface area (Å²) >= 11 is 0. The second-order valence-corrected chi connectivity index (χ2v) is 20.7. The Morgan fingerprint density at radius 1 is 0.771 bits per heavy atom. The smallest absolute Gasteiger partial charge is 0.118 e. The third-order valence-corrected chi connectivity index (χ3v) is 22.5. The number of aliphatic hydroxyl groups is 1. The van der Waals surface area contributed by atoms with Crippen LogP contribution in [-0.2, 0) is 11.3 Å². The number of aliphatic hydroxyl groups excluding tert-OH is 1. The van der Waals surface area contributed by atoms with Crippen LogP contribution in [0.15, 0.2) is 65.5 Å². The van der Waals surface area contributed by atoms with Crippen LogP contribution in [0.2, 0.25) is 36.3 Å². The minimum atomic E-state index is -1.67. The first kappa shape index (κ1) is 29.6. The van der Waals surface area contributed by atoms with Gasteiger partial charge in [-0.05, 0) is 23.3 Å². The van der Waals surface area contributed by atoms with E-state index in [1.54, 1.807) is 11.9 Å². The minimum absolute atomic E-state index is 0.383. The molecule has 0 aliphatic carbocycles. The van der Waals surface area contributed by atoms with E-state index in [0.717, 1.165) is 16.9 Å². The molecule has 0 amide bonds. The van der Waals surface area contributed by atoms with E-state index in [9.17, 15) is 5.11 Å². The lowest BCUT2D eigenvalue weighted by molar-refractivity contribution is -0.0198. The molecule has 1 N–H and O–H groups in total. The molecule has 0 heterocycles. The Balaban J connectivity index is 2.63. The van der Waals surface area contributed by atoms with Crippen LogP contribution in [0.5, 0.6) is 5.75 Å². The molecule has 3 nitrogen and oxygen atoms in total. The predicted octanol–water partition coefficient (Wildman–Crippen LogP) is 8.34. The van der Waals surface area contributed by atoms with E-state index >= 15 is 0 Å². The quantitative estimate of drug-likeness (QED) is 0.244. The van der Waals surface area contributed by atoms with Gasteiger partial charge in [-0.3, -0.25) is 0 Å². The zero-order valence-electron chi connectivity index (χ0n) is 23.1. The zero-order chi connectivity index (χ0) is 25.9. The summed E-state index contributed by atoms with van der Waals surface area (Å²) in [4.78, 5) is 1.75. The summed E-state index contributed by atoms with van der Waals surface area (Å²) in [5.41, 5.74) is 2.00. The number of benzene rings is 2. The van der Waals surface area contributed by atoms with Gasteiger partial charge >= 0.3 is 0 Å². The van der Waals surface area contributed by atoms with Crippen molar-refractivity contribution in [2.75, 3.05) is 7.11 Å². The van der Waals surface area contributed by atoms with Crippen molar-refractivity contribution in [2.24, 2.45) is 0 Å². The van der Waals surface area contributed by atoms with E-state index in [4.69, 9.17) is 9.47 Å². The highest BCUT2D eigenvalue weighted by Crippen LogP contribution is 2.41. The van der Waals surface area contributed by atoms with Crippen molar-refractivity contribution in [2.45, 2.75) is 96.6 Å². The van der Waals surface area contributed by atoms with Crippen molar-refractivity contribution in [1.29, 1.82) is 0 Å². The molecule has 0 fully saturated rings. The summed E-state index contributed by atoms with van der Waals surface area (Å²) in [6, 6.07) is 25.6. The molecule has 2 rings (SSSR count). The third-order valence-electron chi connectivity index (χ3n) is 8.59. The summed E-state index contributed by atoms with van der Waals surface area (Å²) < 4.78 is 11.9. The lowest BCUT2D eigenvalue weighted by Crippen LogP contribution is -2.50. The maximum atomic E-state index is 11.7. The molecule has 0 saturated heterocycles. The van der Waals surface area contributed by atoms with E-state index in [1.807, 2.05) is 42.5 Å². The Labute approximate surface area is 216 Å². The van der Waals surface area contributed by atoms with E-state index < -0.39 is 22.3 Å². The summed E-state index contributed by atoms with van der Waals surface area (Å²) in [5.74, 6) is 0.794. The van der Waals surface area contributed by atoms with Gasteiger partial charge in [0.2, 0.25) is 0 Å². The van der Waals surface area contributed by atoms with Crippen molar-refractivity contribution in [3.63, 3.8) is 0 Å². The van der Waals surface area contributed by atoms with Gasteiger partial charge in [0.15, 0.2) is 0 Å². The molecular weight excluding hydrogens is 464 g/mol. The van der Waals surface area contributed by atoms with Gasteiger partial charge in [-0.25, -0.2) is 0 Å². The van der Waals surface area contributed by atoms with Gasteiger partial charge in [0.1, 0.15) is 18.0 Å². The Kier molecular flexibility index (Phi) is 12.0. The SMILES string of the molecule is CC[Si](CC)(CC)C(=C[C@H](OCc1ccccc1)[C@H](O)c1ccc(OC)cc1)[Si](CC)(CC)CC. The maximum Gasteiger partial charge on any atom is 0.118 e. The normalized spacial score (nSPS) is 13.8. The van der Waals surface area contributed by atoms with Gasteiger partial charge in [0.25, 0.3) is 0 Å². The van der Waals surface area contributed by atoms with Gasteiger partial charge in [-0.2, -0.15) is 0 Å². The number of rotatable bonds is 15. The molecule has 0 saturated carbocycles. The summed E-state index contributed by atoms with van der Waals surface area (Å²) in [7, 11) is -1.66. The first-order valence-electron chi connectivity index (χ1n) is 13.6. The molecule has 0 radical (unpaired) electrons. The van der Waals surface area contributed by atoms with E-state index in [2.05, 4.69) is 59.8 Å². The molecule has 5 heteroatoms. The van der Waals surface area contributed by atoms with E-state index in [1.165, 1.54) is 36.3 Å². The minimum Gasteiger partial charge on any atom is -0.497 e. The zero-order valence-corrected chi connectivity index (χ0v) is 25.1. The summed E-state index contributed by atoms with van der Waals surface area (Å²) in [5, 5.41) is 11.7. The Bertz CT molecular complexity index is 849. The summed E-state index contributed by atoms with van der Waals surface area (Å²) in [6.07, 6.45) is 1.32. The lowest BCUT2D eigenvalue weighted by atomic mass is 10.0. The second-order valence-electron chi connectivity index (χ2n) is 9.74. The predicted molar refractivity (Wildman–Crippen MR) is 155 cm³/mol. The topological polar surface area (TPSA) is 38.7 Å². The first-order chi connectivity index (χ1) is 16.9. The fourth-order valence-electron chi connectivity index (χ4n) is 5.71. The van der Waals surface area contributed by atoms with E-state index in [-0.39, 0.29) is 6.10 Å². The Morgan fingerprint density at radius 3 is 1.69 bits per heavy atom. The molecule has 0 spiro atoms. The van der Waals surface area contributed by atoms with Crippen LogP contribution in [0.3, 0.4) is 0 Å². The molecule has 2 atom stereocenters. The first-order valence-corrected chi connectivity index (χ1v) is 18.8. The number of ether oxygens (including phenoxy) is 2. The summed E-state index contributed by atoms with van der Waals surface area (Å²) in [6.45, 7) is 14.9. The van der Waals surface area contributed by atoms with Crippen LogP contribution in [0, 0.1) is 0 Å². The second kappa shape index (κ2) is 14.2. The average molecular weight is 513 g/mol. The van der Waals surface area contributed by atoms with Crippen LogP contribution in [0.25, 0.3) is 0 Å². The van der Waals surface area contributed by atoms with Gasteiger partial charge in [0, 0.05) is 0 Å². The van der Waals surface area contributed by atoms with Crippen molar-refractivity contribution in [3.05, 3.63) is 76.6 Å². The monoisotopic (exact) mass is 512 g/mol. The van der Waals surface area contributed by atoms with Crippen LogP contribution < -0.4 is 4.74 Å². The van der Waals surface area contributed by atoms with Gasteiger partial charge < -0.3 is 14.6 Å². The highest BCUT2D eigenvalue weighted by molar-refractivity contribution is 7.07. The molecular formula is C30H48O3Si2. The molecule has 0 unspecified atom stereocenters. The number of hydrogen-bond donors (Lipinski definition) is 1. The highest BCUT2D eigenvalue weighted by atomic mass is 28.4. The standard InChI is InChI=1S/C30H48O3Si2/c1-8-34(9-2,10-3)29(35(11-4,12-5)13-6)23-28(33-24-25-17-15-14-16-18-25)30(31)26-19-21-27(32-7)22-20-26/h14-23,28,30-31H,8-13,24H2,1-7H3/t28-,30+/m0/s1. The van der Waals surface area contributed by atoms with E-state index in [0.29, 0.717) is 6.61 Å². The molecule has 2 aromatic rings. The van der Waals surface area contributed by atoms with Crippen LogP contribution in [0.1, 0.15) is 58.8 Å². The highest BCUT2D eigenvalue weighted by Gasteiger charge is 2.44. The lowest BCUT2D eigenvalue weighted by Gasteiger charge is -2.44. The Hall–Kier alpha value is -1.67. The van der Waals surface area contributed by atoms with Crippen molar-refractivity contribution in [1.82, 2.24) is 0 Å². The number of hydrogen-bond acceptors (Lipinski definition) is 3. The Morgan fingerprint density at radius 2 is 1.26 bits per heavy atom. The number of methoxy groups -OCH3 is 1. The van der Waals surface area contributed by atoms with Crippen LogP contribution in [-0.4, -0.2) is 34.5 Å². The molecule has 194 valence electrons. The molecule has 0 aliphatic heterocycles. The van der Waals surface area contributed by atoms with Crippen LogP contribution >= 0.6 is 0 Å². The van der Waals surface area contributed by atoms with Gasteiger partial charge in [0.05, 0.1) is 29.9 Å².